The number of amides is 2. The quantitative estimate of drug-likeness (QED) is 0.847. The fourth-order valence-electron chi connectivity index (χ4n) is 2.69. The van der Waals surface area contributed by atoms with E-state index in [0.29, 0.717) is 11.6 Å². The highest BCUT2D eigenvalue weighted by Gasteiger charge is 2.38. The van der Waals surface area contributed by atoms with Crippen molar-refractivity contribution in [3.8, 4) is 0 Å². The number of aromatic carboxylic acids is 1. The molecule has 1 atom stereocenters. The van der Waals surface area contributed by atoms with Crippen LogP contribution in [0.15, 0.2) is 12.4 Å². The first-order chi connectivity index (χ1) is 11.1. The van der Waals surface area contributed by atoms with Crippen LogP contribution >= 0.6 is 11.8 Å². The van der Waals surface area contributed by atoms with Crippen LogP contribution in [0.4, 0.5) is 0 Å². The van der Waals surface area contributed by atoms with E-state index in [-0.39, 0.29) is 17.3 Å². The van der Waals surface area contributed by atoms with Crippen LogP contribution in [0.2, 0.25) is 0 Å². The number of carboxylic acid groups (broad SMARTS) is 1. The predicted octanol–water partition coefficient (Wildman–Crippen LogP) is 0.312. The van der Waals surface area contributed by atoms with Gasteiger partial charge in [-0.2, -0.15) is 0 Å². The Hall–Kier alpha value is -2.16. The summed E-state index contributed by atoms with van der Waals surface area (Å²) in [4.78, 5) is 46.7. The molecular formula is C14H16N4O4S. The third-order valence-electron chi connectivity index (χ3n) is 3.94. The third-order valence-corrected chi connectivity index (χ3v) is 4.95. The van der Waals surface area contributed by atoms with Crippen molar-refractivity contribution in [2.45, 2.75) is 18.9 Å². The van der Waals surface area contributed by atoms with Gasteiger partial charge >= 0.3 is 5.97 Å². The van der Waals surface area contributed by atoms with Crippen LogP contribution < -0.4 is 0 Å². The highest BCUT2D eigenvalue weighted by Crippen LogP contribution is 2.25. The Kier molecular flexibility index (Phi) is 4.46. The first-order valence-corrected chi connectivity index (χ1v) is 8.46. The molecule has 0 spiro atoms. The largest absolute Gasteiger partial charge is 0.476 e. The van der Waals surface area contributed by atoms with Gasteiger partial charge in [-0.3, -0.25) is 9.59 Å². The third kappa shape index (κ3) is 3.14. The Morgan fingerprint density at radius 3 is 2.39 bits per heavy atom. The van der Waals surface area contributed by atoms with Crippen molar-refractivity contribution in [2.24, 2.45) is 0 Å². The monoisotopic (exact) mass is 336 g/mol. The second kappa shape index (κ2) is 6.53. The van der Waals surface area contributed by atoms with Crippen molar-refractivity contribution in [1.82, 2.24) is 19.8 Å². The fourth-order valence-corrected chi connectivity index (χ4v) is 3.84. The maximum absolute atomic E-state index is 12.5. The van der Waals surface area contributed by atoms with Gasteiger partial charge in [0.15, 0.2) is 5.69 Å². The summed E-state index contributed by atoms with van der Waals surface area (Å²) in [5, 5.41) is 8.81. The van der Waals surface area contributed by atoms with Gasteiger partial charge in [-0.25, -0.2) is 14.8 Å². The van der Waals surface area contributed by atoms with Crippen LogP contribution in [0.1, 0.15) is 33.8 Å². The van der Waals surface area contributed by atoms with Crippen molar-refractivity contribution < 1.29 is 19.5 Å². The van der Waals surface area contributed by atoms with E-state index < -0.39 is 17.9 Å². The van der Waals surface area contributed by atoms with Crippen molar-refractivity contribution in [2.75, 3.05) is 24.7 Å². The molecule has 1 aromatic heterocycles. The molecule has 3 heterocycles. The Morgan fingerprint density at radius 2 is 1.78 bits per heavy atom. The average molecular weight is 336 g/mol. The highest BCUT2D eigenvalue weighted by atomic mass is 32.2. The molecule has 23 heavy (non-hydrogen) atoms. The van der Waals surface area contributed by atoms with Gasteiger partial charge < -0.3 is 14.9 Å². The second-order valence-electron chi connectivity index (χ2n) is 5.42. The van der Waals surface area contributed by atoms with Gasteiger partial charge in [0, 0.05) is 18.8 Å². The molecule has 0 saturated carbocycles. The number of thioether (sulfide) groups is 1. The van der Waals surface area contributed by atoms with Crippen LogP contribution in [0.25, 0.3) is 0 Å². The molecule has 0 aromatic carbocycles. The average Bonchev–Trinajstić information content (AvgIpc) is 3.25. The Labute approximate surface area is 136 Å². The molecule has 0 aliphatic carbocycles. The number of hydrogen-bond donors (Lipinski definition) is 1. The number of carbonyl (C=O) groups is 3. The Bertz CT molecular complexity index is 630. The first-order valence-electron chi connectivity index (χ1n) is 7.31. The van der Waals surface area contributed by atoms with Crippen LogP contribution in [-0.2, 0) is 4.79 Å². The molecule has 3 rings (SSSR count). The van der Waals surface area contributed by atoms with E-state index in [2.05, 4.69) is 9.97 Å². The van der Waals surface area contributed by atoms with Gasteiger partial charge in [0.05, 0.1) is 18.3 Å². The minimum absolute atomic E-state index is 0.0176. The highest BCUT2D eigenvalue weighted by molar-refractivity contribution is 7.99. The lowest BCUT2D eigenvalue weighted by molar-refractivity contribution is -0.133. The lowest BCUT2D eigenvalue weighted by Gasteiger charge is -2.26. The predicted molar refractivity (Wildman–Crippen MR) is 82.1 cm³/mol. The van der Waals surface area contributed by atoms with Crippen LogP contribution in [0.3, 0.4) is 0 Å². The summed E-state index contributed by atoms with van der Waals surface area (Å²) in [5.41, 5.74) is -0.168. The summed E-state index contributed by atoms with van der Waals surface area (Å²) in [6, 6.07) is -0.480. The van der Waals surface area contributed by atoms with Crippen LogP contribution in [-0.4, -0.2) is 73.4 Å². The molecule has 2 fully saturated rings. The van der Waals surface area contributed by atoms with E-state index in [0.717, 1.165) is 38.3 Å². The topological polar surface area (TPSA) is 104 Å². The summed E-state index contributed by atoms with van der Waals surface area (Å²) in [7, 11) is 0. The number of carboxylic acids is 1. The van der Waals surface area contributed by atoms with E-state index in [9.17, 15) is 14.4 Å². The zero-order chi connectivity index (χ0) is 16.4. The van der Waals surface area contributed by atoms with E-state index in [1.807, 2.05) is 0 Å². The van der Waals surface area contributed by atoms with Crippen molar-refractivity contribution in [1.29, 1.82) is 0 Å². The van der Waals surface area contributed by atoms with E-state index in [4.69, 9.17) is 5.11 Å². The summed E-state index contributed by atoms with van der Waals surface area (Å²) in [6.07, 6.45) is 4.20. The maximum atomic E-state index is 12.5. The first kappa shape index (κ1) is 15.7. The second-order valence-corrected chi connectivity index (χ2v) is 6.41. The molecule has 1 unspecified atom stereocenters. The lowest BCUT2D eigenvalue weighted by atomic mass is 10.2. The lowest BCUT2D eigenvalue weighted by Crippen LogP contribution is -2.48. The van der Waals surface area contributed by atoms with Gasteiger partial charge in [-0.05, 0) is 12.8 Å². The molecule has 0 bridgehead atoms. The molecular weight excluding hydrogens is 320 g/mol. The number of nitrogens with zero attached hydrogens (tertiary/aromatic N) is 4. The minimum Gasteiger partial charge on any atom is -0.476 e. The fraction of sp³-hybridized carbons (Fsp3) is 0.500. The van der Waals surface area contributed by atoms with E-state index >= 15 is 0 Å². The van der Waals surface area contributed by atoms with Gasteiger partial charge in [-0.15, -0.1) is 11.8 Å². The standard InChI is InChI=1S/C14H16N4O4S/c19-12(9-5-16-10(6-15-9)14(21)22)18-8-23-7-11(18)13(20)17-3-1-2-4-17/h5-6,11H,1-4,7-8H2,(H,21,22). The number of aromatic nitrogens is 2. The SMILES string of the molecule is O=C(O)c1cnc(C(=O)N2CSCC2C(=O)N2CCCC2)cn1. The number of rotatable bonds is 3. The molecule has 122 valence electrons. The summed E-state index contributed by atoms with van der Waals surface area (Å²) in [5.74, 6) is -0.615. The molecule has 1 aromatic rings. The van der Waals surface area contributed by atoms with Gasteiger partial charge in [0.25, 0.3) is 5.91 Å². The van der Waals surface area contributed by atoms with Crippen molar-refractivity contribution >= 4 is 29.5 Å². The van der Waals surface area contributed by atoms with Gasteiger partial charge in [0.2, 0.25) is 5.91 Å². The Balaban J connectivity index is 1.74. The summed E-state index contributed by atoms with van der Waals surface area (Å²) < 4.78 is 0. The van der Waals surface area contributed by atoms with Crippen LogP contribution in [0, 0.1) is 0 Å². The van der Waals surface area contributed by atoms with E-state index in [1.54, 1.807) is 4.90 Å². The molecule has 1 N–H and O–H groups in total. The number of hydrogen-bond acceptors (Lipinski definition) is 6. The van der Waals surface area contributed by atoms with Crippen molar-refractivity contribution in [3.63, 3.8) is 0 Å². The number of carbonyl (C=O) groups excluding carboxylic acids is 2. The van der Waals surface area contributed by atoms with Gasteiger partial charge in [0.1, 0.15) is 11.7 Å². The zero-order valence-electron chi connectivity index (χ0n) is 12.3. The summed E-state index contributed by atoms with van der Waals surface area (Å²) in [6.45, 7) is 1.49. The Morgan fingerprint density at radius 1 is 1.13 bits per heavy atom. The molecule has 2 aliphatic heterocycles. The van der Waals surface area contributed by atoms with Gasteiger partial charge in [-0.1, -0.05) is 0 Å². The molecule has 2 aliphatic rings. The molecule has 8 nitrogen and oxygen atoms in total. The number of likely N-dealkylation sites (tertiary alicyclic amines) is 1. The smallest absolute Gasteiger partial charge is 0.356 e. The maximum Gasteiger partial charge on any atom is 0.356 e. The molecule has 2 amide bonds. The van der Waals surface area contributed by atoms with Crippen LogP contribution in [0.5, 0.6) is 0 Å². The molecule has 9 heteroatoms. The minimum atomic E-state index is -1.20. The van der Waals surface area contributed by atoms with E-state index in [1.165, 1.54) is 16.7 Å². The molecule has 0 radical (unpaired) electrons. The zero-order valence-corrected chi connectivity index (χ0v) is 13.2. The normalized spacial score (nSPS) is 20.8. The van der Waals surface area contributed by atoms with Crippen molar-refractivity contribution in [3.05, 3.63) is 23.8 Å². The summed E-state index contributed by atoms with van der Waals surface area (Å²) >= 11 is 1.52. The molecule has 2 saturated heterocycles.